The fraction of sp³-hybridized carbons (Fsp3) is 0. The SMILES string of the molecule is O=C(O)c1nc(Oc2cccc(Br)c2)ccc1Cl. The van der Waals surface area contributed by atoms with Crippen molar-refractivity contribution in [3.8, 4) is 11.6 Å². The van der Waals surface area contributed by atoms with Crippen molar-refractivity contribution in [3.63, 3.8) is 0 Å². The van der Waals surface area contributed by atoms with Gasteiger partial charge in [0, 0.05) is 10.5 Å². The highest BCUT2D eigenvalue weighted by Gasteiger charge is 2.12. The van der Waals surface area contributed by atoms with Crippen LogP contribution in [0.3, 0.4) is 0 Å². The van der Waals surface area contributed by atoms with E-state index in [0.29, 0.717) is 5.75 Å². The molecule has 4 nitrogen and oxygen atoms in total. The van der Waals surface area contributed by atoms with Gasteiger partial charge in [-0.05, 0) is 24.3 Å². The predicted molar refractivity (Wildman–Crippen MR) is 70.4 cm³/mol. The molecule has 0 aliphatic carbocycles. The Kier molecular flexibility index (Phi) is 3.84. The number of hydrogen-bond donors (Lipinski definition) is 1. The third-order valence-electron chi connectivity index (χ3n) is 2.04. The van der Waals surface area contributed by atoms with E-state index in [1.807, 2.05) is 6.07 Å². The lowest BCUT2D eigenvalue weighted by Gasteiger charge is -2.06. The molecule has 2 rings (SSSR count). The van der Waals surface area contributed by atoms with Crippen LogP contribution in [0.1, 0.15) is 10.5 Å². The summed E-state index contributed by atoms with van der Waals surface area (Å²) >= 11 is 9.02. The number of rotatable bonds is 3. The van der Waals surface area contributed by atoms with Crippen molar-refractivity contribution in [3.05, 3.63) is 51.6 Å². The fourth-order valence-corrected chi connectivity index (χ4v) is 1.85. The van der Waals surface area contributed by atoms with Crippen LogP contribution >= 0.6 is 27.5 Å². The number of carbonyl (C=O) groups is 1. The maximum absolute atomic E-state index is 10.9. The van der Waals surface area contributed by atoms with Gasteiger partial charge < -0.3 is 9.84 Å². The van der Waals surface area contributed by atoms with Gasteiger partial charge in [-0.1, -0.05) is 33.6 Å². The molecule has 0 fully saturated rings. The van der Waals surface area contributed by atoms with Crippen molar-refractivity contribution < 1.29 is 14.6 Å². The van der Waals surface area contributed by atoms with Crippen LogP contribution in [0.15, 0.2) is 40.9 Å². The van der Waals surface area contributed by atoms with Crippen LogP contribution in [0.4, 0.5) is 0 Å². The Labute approximate surface area is 116 Å². The molecule has 0 bridgehead atoms. The van der Waals surface area contributed by atoms with E-state index in [-0.39, 0.29) is 16.6 Å². The van der Waals surface area contributed by atoms with Crippen molar-refractivity contribution in [1.82, 2.24) is 4.98 Å². The molecule has 0 aliphatic rings. The van der Waals surface area contributed by atoms with E-state index in [4.69, 9.17) is 21.4 Å². The zero-order chi connectivity index (χ0) is 13.1. The molecule has 1 aromatic carbocycles. The van der Waals surface area contributed by atoms with Crippen molar-refractivity contribution in [2.24, 2.45) is 0 Å². The van der Waals surface area contributed by atoms with Gasteiger partial charge in [0.25, 0.3) is 0 Å². The van der Waals surface area contributed by atoms with Gasteiger partial charge in [-0.25, -0.2) is 9.78 Å². The van der Waals surface area contributed by atoms with Crippen LogP contribution in [0.2, 0.25) is 5.02 Å². The van der Waals surface area contributed by atoms with E-state index in [1.54, 1.807) is 18.2 Å². The Balaban J connectivity index is 2.30. The van der Waals surface area contributed by atoms with E-state index in [1.165, 1.54) is 12.1 Å². The summed E-state index contributed by atoms with van der Waals surface area (Å²) in [7, 11) is 0. The first-order valence-corrected chi connectivity index (χ1v) is 6.06. The number of aromatic carboxylic acids is 1. The van der Waals surface area contributed by atoms with Gasteiger partial charge >= 0.3 is 5.97 Å². The minimum Gasteiger partial charge on any atom is -0.476 e. The van der Waals surface area contributed by atoms with Crippen LogP contribution in [0.5, 0.6) is 11.6 Å². The molecule has 18 heavy (non-hydrogen) atoms. The summed E-state index contributed by atoms with van der Waals surface area (Å²) in [5.74, 6) is -0.467. The molecule has 1 aromatic heterocycles. The normalized spacial score (nSPS) is 10.1. The molecule has 0 radical (unpaired) electrons. The van der Waals surface area contributed by atoms with Crippen molar-refractivity contribution in [2.75, 3.05) is 0 Å². The number of carboxylic acids is 1. The standard InChI is InChI=1S/C12H7BrClNO3/c13-7-2-1-3-8(6-7)18-10-5-4-9(14)11(15-10)12(16)17/h1-6H,(H,16,17). The highest BCUT2D eigenvalue weighted by molar-refractivity contribution is 9.10. The Morgan fingerprint density at radius 2 is 2.11 bits per heavy atom. The lowest BCUT2D eigenvalue weighted by atomic mass is 10.3. The zero-order valence-electron chi connectivity index (χ0n) is 8.93. The van der Waals surface area contributed by atoms with E-state index >= 15 is 0 Å². The summed E-state index contributed by atoms with van der Waals surface area (Å²) in [5, 5.41) is 8.96. The van der Waals surface area contributed by atoms with Crippen molar-refractivity contribution in [2.45, 2.75) is 0 Å². The number of aromatic nitrogens is 1. The molecule has 0 spiro atoms. The topological polar surface area (TPSA) is 59.4 Å². The molecule has 0 saturated heterocycles. The monoisotopic (exact) mass is 327 g/mol. The molecule has 1 heterocycles. The van der Waals surface area contributed by atoms with E-state index in [2.05, 4.69) is 20.9 Å². The molecular formula is C12H7BrClNO3. The highest BCUT2D eigenvalue weighted by atomic mass is 79.9. The zero-order valence-corrected chi connectivity index (χ0v) is 11.3. The summed E-state index contributed by atoms with van der Waals surface area (Å²) in [4.78, 5) is 14.7. The van der Waals surface area contributed by atoms with Gasteiger partial charge in [0.1, 0.15) is 5.75 Å². The van der Waals surface area contributed by atoms with E-state index < -0.39 is 5.97 Å². The molecule has 1 N–H and O–H groups in total. The summed E-state index contributed by atoms with van der Waals surface area (Å²) in [6.45, 7) is 0. The third kappa shape index (κ3) is 3.00. The van der Waals surface area contributed by atoms with Gasteiger partial charge in [0.05, 0.1) is 5.02 Å². The Morgan fingerprint density at radius 1 is 1.33 bits per heavy atom. The summed E-state index contributed by atoms with van der Waals surface area (Å²) in [6.07, 6.45) is 0. The fourth-order valence-electron chi connectivity index (χ4n) is 1.28. The molecule has 92 valence electrons. The van der Waals surface area contributed by atoms with Crippen molar-refractivity contribution >= 4 is 33.5 Å². The van der Waals surface area contributed by atoms with Gasteiger partial charge in [-0.3, -0.25) is 0 Å². The van der Waals surface area contributed by atoms with Crippen LogP contribution in [-0.2, 0) is 0 Å². The first kappa shape index (κ1) is 12.9. The van der Waals surface area contributed by atoms with Gasteiger partial charge in [-0.15, -0.1) is 0 Å². The number of ether oxygens (including phenoxy) is 1. The third-order valence-corrected chi connectivity index (χ3v) is 2.84. The molecule has 0 unspecified atom stereocenters. The number of carboxylic acid groups (broad SMARTS) is 1. The molecule has 6 heteroatoms. The molecule has 0 saturated carbocycles. The number of nitrogens with zero attached hydrogens (tertiary/aromatic N) is 1. The molecule has 2 aromatic rings. The summed E-state index contributed by atoms with van der Waals surface area (Å²) < 4.78 is 6.30. The first-order chi connectivity index (χ1) is 8.56. The highest BCUT2D eigenvalue weighted by Crippen LogP contribution is 2.25. The Bertz CT molecular complexity index is 604. The number of hydrogen-bond acceptors (Lipinski definition) is 3. The Hall–Kier alpha value is -1.59. The lowest BCUT2D eigenvalue weighted by molar-refractivity contribution is 0.0690. The molecule has 0 atom stereocenters. The molecule has 0 amide bonds. The van der Waals surface area contributed by atoms with Crippen LogP contribution in [-0.4, -0.2) is 16.1 Å². The number of pyridine rings is 1. The summed E-state index contributed by atoms with van der Waals surface area (Å²) in [6, 6.07) is 10.1. The lowest BCUT2D eigenvalue weighted by Crippen LogP contribution is -2.02. The first-order valence-electron chi connectivity index (χ1n) is 4.89. The van der Waals surface area contributed by atoms with E-state index in [9.17, 15) is 4.79 Å². The second kappa shape index (κ2) is 5.37. The van der Waals surface area contributed by atoms with Crippen LogP contribution < -0.4 is 4.74 Å². The predicted octanol–water partition coefficient (Wildman–Crippen LogP) is 3.99. The van der Waals surface area contributed by atoms with E-state index in [0.717, 1.165) is 4.47 Å². The van der Waals surface area contributed by atoms with Crippen LogP contribution in [0.25, 0.3) is 0 Å². The second-order valence-corrected chi connectivity index (χ2v) is 4.67. The largest absolute Gasteiger partial charge is 0.476 e. The number of benzene rings is 1. The minimum absolute atomic E-state index is 0.0732. The minimum atomic E-state index is -1.19. The van der Waals surface area contributed by atoms with Crippen molar-refractivity contribution in [1.29, 1.82) is 0 Å². The number of halogens is 2. The van der Waals surface area contributed by atoms with Gasteiger partial charge in [-0.2, -0.15) is 0 Å². The second-order valence-electron chi connectivity index (χ2n) is 3.34. The van der Waals surface area contributed by atoms with Gasteiger partial charge in [0.2, 0.25) is 5.88 Å². The smallest absolute Gasteiger partial charge is 0.356 e. The average molecular weight is 329 g/mol. The Morgan fingerprint density at radius 3 is 2.78 bits per heavy atom. The quantitative estimate of drug-likeness (QED) is 0.925. The molecular weight excluding hydrogens is 321 g/mol. The maximum Gasteiger partial charge on any atom is 0.356 e. The average Bonchev–Trinajstić information content (AvgIpc) is 2.31. The van der Waals surface area contributed by atoms with Gasteiger partial charge in [0.15, 0.2) is 5.69 Å². The van der Waals surface area contributed by atoms with Crippen LogP contribution in [0, 0.1) is 0 Å². The summed E-state index contributed by atoms with van der Waals surface area (Å²) in [5.41, 5.74) is -0.232. The molecule has 0 aliphatic heterocycles. The maximum atomic E-state index is 10.9.